The molecule has 1 aromatic rings. The van der Waals surface area contributed by atoms with Crippen molar-refractivity contribution in [1.29, 1.82) is 0 Å². The van der Waals surface area contributed by atoms with Gasteiger partial charge in [-0.1, -0.05) is 19.8 Å². The summed E-state index contributed by atoms with van der Waals surface area (Å²) >= 11 is 0. The molecule has 0 amide bonds. The predicted octanol–water partition coefficient (Wildman–Crippen LogP) is 2.09. The third-order valence-electron chi connectivity index (χ3n) is 2.99. The zero-order chi connectivity index (χ0) is 14.5. The molecule has 0 aliphatic heterocycles. The summed E-state index contributed by atoms with van der Waals surface area (Å²) in [4.78, 5) is 0.206. The topological polar surface area (TPSA) is 72.6 Å². The molecule has 0 aliphatic rings. The predicted molar refractivity (Wildman–Crippen MR) is 76.7 cm³/mol. The first kappa shape index (κ1) is 15.8. The second kappa shape index (κ2) is 6.77. The number of hydrogen-bond acceptors (Lipinski definition) is 4. The van der Waals surface area contributed by atoms with E-state index in [1.165, 1.54) is 23.5 Å². The third-order valence-corrected chi connectivity index (χ3v) is 4.84. The van der Waals surface area contributed by atoms with E-state index in [1.54, 1.807) is 13.1 Å². The molecular formula is C13H22N2O3S. The van der Waals surface area contributed by atoms with Crippen molar-refractivity contribution in [3.63, 3.8) is 0 Å². The number of unbranched alkanes of at least 4 members (excludes halogenated alkanes) is 2. The van der Waals surface area contributed by atoms with Gasteiger partial charge in [-0.2, -0.15) is 0 Å². The van der Waals surface area contributed by atoms with E-state index in [9.17, 15) is 8.42 Å². The van der Waals surface area contributed by atoms with Crippen LogP contribution < -0.4 is 10.5 Å². The lowest BCUT2D eigenvalue weighted by Crippen LogP contribution is -2.28. The highest BCUT2D eigenvalue weighted by Crippen LogP contribution is 2.26. The van der Waals surface area contributed by atoms with Crippen molar-refractivity contribution >= 4 is 15.7 Å². The normalized spacial score (nSPS) is 11.8. The van der Waals surface area contributed by atoms with Gasteiger partial charge in [-0.15, -0.1) is 0 Å². The summed E-state index contributed by atoms with van der Waals surface area (Å²) in [5.74, 6) is 0.378. The lowest BCUT2D eigenvalue weighted by atomic mass is 10.2. The summed E-state index contributed by atoms with van der Waals surface area (Å²) in [5.41, 5.74) is 6.11. The first-order valence-electron chi connectivity index (χ1n) is 6.33. The van der Waals surface area contributed by atoms with Crippen LogP contribution in [0.2, 0.25) is 0 Å². The minimum Gasteiger partial charge on any atom is -0.495 e. The molecule has 0 bridgehead atoms. The first-order valence-corrected chi connectivity index (χ1v) is 7.77. The number of benzene rings is 1. The second-order valence-corrected chi connectivity index (χ2v) is 6.48. The lowest BCUT2D eigenvalue weighted by Gasteiger charge is -2.17. The number of nitrogens with two attached hydrogens (primary N) is 1. The van der Waals surface area contributed by atoms with Gasteiger partial charge in [0.2, 0.25) is 10.0 Å². The molecule has 0 fully saturated rings. The molecule has 5 nitrogen and oxygen atoms in total. The van der Waals surface area contributed by atoms with Crippen molar-refractivity contribution in [3.8, 4) is 5.75 Å². The van der Waals surface area contributed by atoms with E-state index in [2.05, 4.69) is 6.92 Å². The molecule has 0 atom stereocenters. The fourth-order valence-electron chi connectivity index (χ4n) is 1.74. The minimum atomic E-state index is -3.47. The Hall–Kier alpha value is -1.27. The molecule has 1 aromatic carbocycles. The molecule has 0 spiro atoms. The summed E-state index contributed by atoms with van der Waals surface area (Å²) in [6.45, 7) is 2.60. The van der Waals surface area contributed by atoms with Crippen molar-refractivity contribution < 1.29 is 13.2 Å². The Morgan fingerprint density at radius 3 is 2.58 bits per heavy atom. The average Bonchev–Trinajstić information content (AvgIpc) is 2.39. The van der Waals surface area contributed by atoms with E-state index in [4.69, 9.17) is 10.5 Å². The molecule has 108 valence electrons. The fourth-order valence-corrected chi connectivity index (χ4v) is 2.96. The van der Waals surface area contributed by atoms with Gasteiger partial charge in [0.15, 0.2) is 0 Å². The SMILES string of the molecule is CCCCCN(C)S(=O)(=O)c1ccc(N)c(OC)c1. The van der Waals surface area contributed by atoms with Gasteiger partial charge in [-0.25, -0.2) is 12.7 Å². The average molecular weight is 286 g/mol. The van der Waals surface area contributed by atoms with E-state index in [0.717, 1.165) is 19.3 Å². The van der Waals surface area contributed by atoms with Gasteiger partial charge < -0.3 is 10.5 Å². The maximum atomic E-state index is 12.3. The maximum absolute atomic E-state index is 12.3. The van der Waals surface area contributed by atoms with Gasteiger partial charge in [-0.3, -0.25) is 0 Å². The van der Waals surface area contributed by atoms with Crippen LogP contribution in [0.15, 0.2) is 23.1 Å². The van der Waals surface area contributed by atoms with Crippen molar-refractivity contribution in [3.05, 3.63) is 18.2 Å². The molecule has 0 aliphatic carbocycles. The van der Waals surface area contributed by atoms with Gasteiger partial charge in [0, 0.05) is 19.7 Å². The van der Waals surface area contributed by atoms with Gasteiger partial charge in [0.05, 0.1) is 17.7 Å². The highest BCUT2D eigenvalue weighted by Gasteiger charge is 2.21. The molecule has 6 heteroatoms. The molecule has 0 unspecified atom stereocenters. The molecule has 2 N–H and O–H groups in total. The summed E-state index contributed by atoms with van der Waals surface area (Å²) < 4.78 is 31.1. The zero-order valence-electron chi connectivity index (χ0n) is 11.7. The highest BCUT2D eigenvalue weighted by molar-refractivity contribution is 7.89. The molecule has 0 saturated carbocycles. The molecule has 0 aromatic heterocycles. The number of rotatable bonds is 7. The molecule has 0 saturated heterocycles. The van der Waals surface area contributed by atoms with Crippen LogP contribution in [0.5, 0.6) is 5.75 Å². The van der Waals surface area contributed by atoms with Gasteiger partial charge in [-0.05, 0) is 18.6 Å². The van der Waals surface area contributed by atoms with Gasteiger partial charge in [0.25, 0.3) is 0 Å². The minimum absolute atomic E-state index is 0.206. The fraction of sp³-hybridized carbons (Fsp3) is 0.538. The number of methoxy groups -OCH3 is 1. The Kier molecular flexibility index (Phi) is 5.62. The van der Waals surface area contributed by atoms with Gasteiger partial charge >= 0.3 is 0 Å². The van der Waals surface area contributed by atoms with E-state index in [1.807, 2.05) is 0 Å². The van der Waals surface area contributed by atoms with Crippen molar-refractivity contribution in [2.24, 2.45) is 0 Å². The Balaban J connectivity index is 2.93. The van der Waals surface area contributed by atoms with Gasteiger partial charge in [0.1, 0.15) is 5.75 Å². The van der Waals surface area contributed by atoms with Crippen molar-refractivity contribution in [1.82, 2.24) is 4.31 Å². The molecule has 0 heterocycles. The van der Waals surface area contributed by atoms with Crippen LogP contribution in [-0.2, 0) is 10.0 Å². The van der Waals surface area contributed by atoms with Crippen LogP contribution in [0.25, 0.3) is 0 Å². The molecule has 19 heavy (non-hydrogen) atoms. The number of sulfonamides is 1. The summed E-state index contributed by atoms with van der Waals surface area (Å²) in [5, 5.41) is 0. The Bertz CT molecular complexity index is 515. The van der Waals surface area contributed by atoms with E-state index in [-0.39, 0.29) is 4.90 Å². The second-order valence-electron chi connectivity index (χ2n) is 4.44. The van der Waals surface area contributed by atoms with Crippen LogP contribution >= 0.6 is 0 Å². The number of hydrogen-bond donors (Lipinski definition) is 1. The standard InChI is InChI=1S/C13H22N2O3S/c1-4-5-6-9-15(2)19(16,17)11-7-8-12(14)13(10-11)18-3/h7-8,10H,4-6,9,14H2,1-3H3. The molecule has 0 radical (unpaired) electrons. The zero-order valence-corrected chi connectivity index (χ0v) is 12.5. The lowest BCUT2D eigenvalue weighted by molar-refractivity contribution is 0.414. The summed E-state index contributed by atoms with van der Waals surface area (Å²) in [6.07, 6.45) is 2.94. The molecular weight excluding hydrogens is 264 g/mol. The molecule has 1 rings (SSSR count). The van der Waals surface area contributed by atoms with E-state index < -0.39 is 10.0 Å². The number of nitrogen functional groups attached to an aromatic ring is 1. The number of ether oxygens (including phenoxy) is 1. The van der Waals surface area contributed by atoms with Crippen molar-refractivity contribution in [2.45, 2.75) is 31.1 Å². The third kappa shape index (κ3) is 3.84. The maximum Gasteiger partial charge on any atom is 0.242 e. The van der Waals surface area contributed by atoms with Crippen LogP contribution in [-0.4, -0.2) is 33.4 Å². The Morgan fingerprint density at radius 1 is 1.32 bits per heavy atom. The summed E-state index contributed by atoms with van der Waals surface area (Å²) in [6, 6.07) is 4.51. The van der Waals surface area contributed by atoms with E-state index >= 15 is 0 Å². The van der Waals surface area contributed by atoms with Crippen LogP contribution in [0.1, 0.15) is 26.2 Å². The van der Waals surface area contributed by atoms with Crippen LogP contribution in [0.4, 0.5) is 5.69 Å². The number of anilines is 1. The highest BCUT2D eigenvalue weighted by atomic mass is 32.2. The Labute approximate surface area is 115 Å². The summed E-state index contributed by atoms with van der Waals surface area (Å²) in [7, 11) is -0.415. The van der Waals surface area contributed by atoms with Crippen LogP contribution in [0, 0.1) is 0 Å². The quantitative estimate of drug-likeness (QED) is 0.615. The number of nitrogens with zero attached hydrogens (tertiary/aromatic N) is 1. The monoisotopic (exact) mass is 286 g/mol. The van der Waals surface area contributed by atoms with E-state index in [0.29, 0.717) is 18.0 Å². The van der Waals surface area contributed by atoms with Crippen LogP contribution in [0.3, 0.4) is 0 Å². The van der Waals surface area contributed by atoms with Crippen molar-refractivity contribution in [2.75, 3.05) is 26.4 Å². The first-order chi connectivity index (χ1) is 8.93. The Morgan fingerprint density at radius 2 is 2.00 bits per heavy atom. The largest absolute Gasteiger partial charge is 0.495 e. The smallest absolute Gasteiger partial charge is 0.242 e.